The summed E-state index contributed by atoms with van der Waals surface area (Å²) < 4.78 is 7.28. The quantitative estimate of drug-likeness (QED) is 0.726. The van der Waals surface area contributed by atoms with Crippen LogP contribution in [0.1, 0.15) is 30.3 Å². The summed E-state index contributed by atoms with van der Waals surface area (Å²) in [6, 6.07) is 7.87. The molecule has 1 aromatic carbocycles. The Kier molecular flexibility index (Phi) is 4.08. The number of halogens is 1. The van der Waals surface area contributed by atoms with Crippen LogP contribution in [0, 0.1) is 0 Å². The molecule has 1 aliphatic rings. The molecule has 1 fully saturated rings. The van der Waals surface area contributed by atoms with E-state index in [4.69, 9.17) is 16.1 Å². The summed E-state index contributed by atoms with van der Waals surface area (Å²) in [6.07, 6.45) is 6.29. The van der Waals surface area contributed by atoms with Crippen LogP contribution in [0.15, 0.2) is 41.2 Å². The van der Waals surface area contributed by atoms with Gasteiger partial charge in [-0.25, -0.2) is 0 Å². The molecule has 4 rings (SSSR count). The van der Waals surface area contributed by atoms with Crippen molar-refractivity contribution in [3.8, 4) is 11.4 Å². The van der Waals surface area contributed by atoms with Crippen LogP contribution in [0.5, 0.6) is 0 Å². The summed E-state index contributed by atoms with van der Waals surface area (Å²) in [5.74, 6) is 1.15. The van der Waals surface area contributed by atoms with Gasteiger partial charge in [0.05, 0.1) is 17.8 Å². The molecule has 0 unspecified atom stereocenters. The predicted octanol–water partition coefficient (Wildman–Crippen LogP) is 3.46. The van der Waals surface area contributed by atoms with Crippen molar-refractivity contribution in [1.29, 1.82) is 0 Å². The maximum Gasteiger partial charge on any atom is 0.241 e. The van der Waals surface area contributed by atoms with Crippen molar-refractivity contribution in [2.24, 2.45) is 7.05 Å². The Bertz CT molecular complexity index is 843. The first kappa shape index (κ1) is 15.4. The standard InChI is InChI=1S/C17H18ClN5O/c1-22-10-12(9-19-22)15-7-4-8-23(15)11-16-20-17(21-24-16)13-5-2-3-6-14(13)18/h2-3,5-6,9-10,15H,4,7-8,11H2,1H3/t15-/m0/s1. The van der Waals surface area contributed by atoms with E-state index in [-0.39, 0.29) is 0 Å². The van der Waals surface area contributed by atoms with Crippen LogP contribution in [0.25, 0.3) is 11.4 Å². The van der Waals surface area contributed by atoms with Crippen molar-refractivity contribution >= 4 is 11.6 Å². The first-order valence-corrected chi connectivity index (χ1v) is 8.38. The highest BCUT2D eigenvalue weighted by Crippen LogP contribution is 2.33. The number of hydrogen-bond acceptors (Lipinski definition) is 5. The van der Waals surface area contributed by atoms with Crippen LogP contribution in [-0.2, 0) is 13.6 Å². The molecule has 0 N–H and O–H groups in total. The van der Waals surface area contributed by atoms with E-state index in [0.717, 1.165) is 24.9 Å². The maximum absolute atomic E-state index is 6.20. The number of rotatable bonds is 4. The van der Waals surface area contributed by atoms with E-state index in [9.17, 15) is 0 Å². The van der Waals surface area contributed by atoms with E-state index in [2.05, 4.69) is 26.3 Å². The Morgan fingerprint density at radius 2 is 2.21 bits per heavy atom. The van der Waals surface area contributed by atoms with Crippen molar-refractivity contribution in [2.75, 3.05) is 6.54 Å². The smallest absolute Gasteiger partial charge is 0.241 e. The highest BCUT2D eigenvalue weighted by molar-refractivity contribution is 6.33. The molecule has 124 valence electrons. The van der Waals surface area contributed by atoms with Gasteiger partial charge in [0, 0.05) is 30.4 Å². The number of likely N-dealkylation sites (tertiary alicyclic amines) is 1. The van der Waals surface area contributed by atoms with Gasteiger partial charge in [-0.3, -0.25) is 9.58 Å². The van der Waals surface area contributed by atoms with Crippen molar-refractivity contribution in [3.63, 3.8) is 0 Å². The van der Waals surface area contributed by atoms with Crippen LogP contribution in [-0.4, -0.2) is 31.4 Å². The van der Waals surface area contributed by atoms with E-state index in [1.54, 1.807) is 0 Å². The van der Waals surface area contributed by atoms with Gasteiger partial charge in [0.2, 0.25) is 11.7 Å². The number of benzene rings is 1. The second-order valence-corrected chi connectivity index (χ2v) is 6.47. The van der Waals surface area contributed by atoms with E-state index in [0.29, 0.717) is 29.3 Å². The lowest BCUT2D eigenvalue weighted by molar-refractivity contribution is 0.212. The van der Waals surface area contributed by atoms with Gasteiger partial charge in [0.15, 0.2) is 0 Å². The third-order valence-electron chi connectivity index (χ3n) is 4.39. The summed E-state index contributed by atoms with van der Waals surface area (Å²) in [4.78, 5) is 6.88. The highest BCUT2D eigenvalue weighted by Gasteiger charge is 2.28. The number of nitrogens with zero attached hydrogens (tertiary/aromatic N) is 5. The molecule has 1 aliphatic heterocycles. The second-order valence-electron chi connectivity index (χ2n) is 6.07. The molecule has 0 amide bonds. The van der Waals surface area contributed by atoms with E-state index >= 15 is 0 Å². The maximum atomic E-state index is 6.20. The molecule has 2 aromatic heterocycles. The molecule has 0 spiro atoms. The zero-order valence-electron chi connectivity index (χ0n) is 13.4. The lowest BCUT2D eigenvalue weighted by atomic mass is 10.1. The van der Waals surface area contributed by atoms with Gasteiger partial charge in [-0.05, 0) is 31.5 Å². The van der Waals surface area contributed by atoms with Crippen LogP contribution < -0.4 is 0 Å². The zero-order chi connectivity index (χ0) is 16.5. The molecule has 1 atom stereocenters. The number of hydrogen-bond donors (Lipinski definition) is 0. The Morgan fingerprint density at radius 1 is 1.33 bits per heavy atom. The van der Waals surface area contributed by atoms with Gasteiger partial charge in [-0.1, -0.05) is 28.9 Å². The fourth-order valence-corrected chi connectivity index (χ4v) is 3.47. The monoisotopic (exact) mass is 343 g/mol. The van der Waals surface area contributed by atoms with Gasteiger partial charge in [-0.2, -0.15) is 10.1 Å². The summed E-state index contributed by atoms with van der Waals surface area (Å²) in [7, 11) is 1.94. The van der Waals surface area contributed by atoms with E-state index in [1.165, 1.54) is 5.56 Å². The van der Waals surface area contributed by atoms with Gasteiger partial charge in [-0.15, -0.1) is 0 Å². The minimum absolute atomic E-state index is 0.356. The normalized spacial score (nSPS) is 18.3. The van der Waals surface area contributed by atoms with Crippen LogP contribution in [0.3, 0.4) is 0 Å². The third kappa shape index (κ3) is 2.95. The minimum atomic E-state index is 0.356. The van der Waals surface area contributed by atoms with Crippen molar-refractivity contribution in [1.82, 2.24) is 24.8 Å². The van der Waals surface area contributed by atoms with Crippen LogP contribution in [0.4, 0.5) is 0 Å². The van der Waals surface area contributed by atoms with Crippen LogP contribution in [0.2, 0.25) is 5.02 Å². The average Bonchev–Trinajstić information content (AvgIpc) is 3.29. The van der Waals surface area contributed by atoms with E-state index in [1.807, 2.05) is 42.2 Å². The topological polar surface area (TPSA) is 60.0 Å². The Hall–Kier alpha value is -2.18. The number of aromatic nitrogens is 4. The fraction of sp³-hybridized carbons (Fsp3) is 0.353. The molecule has 0 saturated carbocycles. The van der Waals surface area contributed by atoms with Crippen molar-refractivity contribution < 1.29 is 4.52 Å². The molecule has 3 aromatic rings. The summed E-state index contributed by atoms with van der Waals surface area (Å²) in [5, 5.41) is 8.98. The SMILES string of the molecule is Cn1cc([C@@H]2CCCN2Cc2nc(-c3ccccc3Cl)no2)cn1. The molecule has 1 saturated heterocycles. The summed E-state index contributed by atoms with van der Waals surface area (Å²) in [6.45, 7) is 1.65. The molecule has 6 nitrogen and oxygen atoms in total. The van der Waals surface area contributed by atoms with Crippen LogP contribution >= 0.6 is 11.6 Å². The van der Waals surface area contributed by atoms with Gasteiger partial charge < -0.3 is 4.52 Å². The Balaban J connectivity index is 1.52. The predicted molar refractivity (Wildman–Crippen MR) is 90.3 cm³/mol. The molecule has 3 heterocycles. The highest BCUT2D eigenvalue weighted by atomic mass is 35.5. The van der Waals surface area contributed by atoms with Gasteiger partial charge in [0.25, 0.3) is 0 Å². The molecule has 7 heteroatoms. The average molecular weight is 344 g/mol. The second kappa shape index (κ2) is 6.37. The summed E-state index contributed by atoms with van der Waals surface area (Å²) >= 11 is 6.20. The molecule has 0 bridgehead atoms. The fourth-order valence-electron chi connectivity index (χ4n) is 3.25. The minimum Gasteiger partial charge on any atom is -0.338 e. The summed E-state index contributed by atoms with van der Waals surface area (Å²) in [5.41, 5.74) is 2.03. The first-order valence-electron chi connectivity index (χ1n) is 8.01. The van der Waals surface area contributed by atoms with Gasteiger partial charge >= 0.3 is 0 Å². The number of aryl methyl sites for hydroxylation is 1. The van der Waals surface area contributed by atoms with Crippen molar-refractivity contribution in [3.05, 3.63) is 53.1 Å². The lowest BCUT2D eigenvalue weighted by Gasteiger charge is -2.21. The Morgan fingerprint density at radius 3 is 3.00 bits per heavy atom. The third-order valence-corrected chi connectivity index (χ3v) is 4.72. The Labute approximate surface area is 145 Å². The molecular formula is C17H18ClN5O. The van der Waals surface area contributed by atoms with Gasteiger partial charge in [0.1, 0.15) is 0 Å². The molecule has 0 radical (unpaired) electrons. The largest absolute Gasteiger partial charge is 0.338 e. The molecule has 0 aliphatic carbocycles. The lowest BCUT2D eigenvalue weighted by Crippen LogP contribution is -2.22. The molecular weight excluding hydrogens is 326 g/mol. The van der Waals surface area contributed by atoms with Crippen molar-refractivity contribution in [2.45, 2.75) is 25.4 Å². The first-order chi connectivity index (χ1) is 11.7. The van der Waals surface area contributed by atoms with E-state index < -0.39 is 0 Å². The zero-order valence-corrected chi connectivity index (χ0v) is 14.1. The molecule has 24 heavy (non-hydrogen) atoms.